The second-order valence-corrected chi connectivity index (χ2v) is 9.69. The number of furan rings is 1. The number of carbonyl (C=O) groups is 2. The molecule has 0 fully saturated rings. The molecule has 2 heterocycles. The minimum atomic E-state index is -0.569. The van der Waals surface area contributed by atoms with Gasteiger partial charge in [0.15, 0.2) is 5.13 Å². The maximum Gasteiger partial charge on any atom is 0.338 e. The fourth-order valence-electron chi connectivity index (χ4n) is 4.11. The Morgan fingerprint density at radius 3 is 2.64 bits per heavy atom. The Morgan fingerprint density at radius 1 is 1.05 bits per heavy atom. The van der Waals surface area contributed by atoms with Gasteiger partial charge < -0.3 is 9.15 Å². The van der Waals surface area contributed by atoms with Gasteiger partial charge in [0.2, 0.25) is 0 Å². The summed E-state index contributed by atoms with van der Waals surface area (Å²) >= 11 is 1.37. The number of thiazole rings is 1. The zero-order valence-corrected chi connectivity index (χ0v) is 21.8. The number of benzene rings is 3. The molecule has 0 aliphatic heterocycles. The minimum absolute atomic E-state index is 0.112. The highest BCUT2D eigenvalue weighted by Crippen LogP contribution is 2.27. The molecule has 7 nitrogen and oxygen atoms in total. The molecule has 0 unspecified atom stereocenters. The van der Waals surface area contributed by atoms with Crippen LogP contribution in [0.3, 0.4) is 0 Å². The standard InChI is InChI=1S/C31H23N3O4S/c1-2-37-30(36)22-12-10-21(11-13-22)28-15-14-25(38-28)16-24(18-32)29(35)34-31-33-19-26(39-31)17-23-8-5-7-20-6-3-4-9-27(20)23/h3-16,19H,2,17H2,1H3,(H,33,34,35). The molecule has 5 aromatic rings. The Morgan fingerprint density at radius 2 is 1.85 bits per heavy atom. The van der Waals surface area contributed by atoms with E-state index < -0.39 is 11.9 Å². The van der Waals surface area contributed by atoms with Crippen LogP contribution in [0.5, 0.6) is 0 Å². The van der Waals surface area contributed by atoms with E-state index in [2.05, 4.69) is 34.6 Å². The number of fused-ring (bicyclic) bond motifs is 1. The number of rotatable bonds is 8. The quantitative estimate of drug-likeness (QED) is 0.133. The van der Waals surface area contributed by atoms with Crippen molar-refractivity contribution in [3.63, 3.8) is 0 Å². The van der Waals surface area contributed by atoms with E-state index in [1.807, 2.05) is 24.3 Å². The summed E-state index contributed by atoms with van der Waals surface area (Å²) in [5.41, 5.74) is 2.25. The first kappa shape index (κ1) is 25.6. The monoisotopic (exact) mass is 533 g/mol. The van der Waals surface area contributed by atoms with Gasteiger partial charge in [0.1, 0.15) is 23.2 Å². The molecular formula is C31H23N3O4S. The van der Waals surface area contributed by atoms with Crippen molar-refractivity contribution in [2.75, 3.05) is 11.9 Å². The number of nitrogens with zero attached hydrogens (tertiary/aromatic N) is 2. The second-order valence-electron chi connectivity index (χ2n) is 8.57. The van der Waals surface area contributed by atoms with E-state index in [4.69, 9.17) is 9.15 Å². The van der Waals surface area contributed by atoms with E-state index in [-0.39, 0.29) is 5.57 Å². The fraction of sp³-hybridized carbons (Fsp3) is 0.0968. The van der Waals surface area contributed by atoms with Gasteiger partial charge in [-0.1, -0.05) is 54.6 Å². The van der Waals surface area contributed by atoms with Crippen LogP contribution >= 0.6 is 11.3 Å². The Bertz CT molecular complexity index is 1720. The van der Waals surface area contributed by atoms with Crippen LogP contribution in [0.4, 0.5) is 5.13 Å². The highest BCUT2D eigenvalue weighted by Gasteiger charge is 2.15. The summed E-state index contributed by atoms with van der Waals surface area (Å²) in [6.07, 6.45) is 3.81. The van der Waals surface area contributed by atoms with E-state index in [0.717, 1.165) is 10.4 Å². The van der Waals surface area contributed by atoms with E-state index in [0.29, 0.717) is 35.2 Å². The molecule has 3 aromatic carbocycles. The van der Waals surface area contributed by atoms with Gasteiger partial charge in [-0.25, -0.2) is 9.78 Å². The van der Waals surface area contributed by atoms with E-state index in [1.165, 1.54) is 33.7 Å². The molecule has 0 atom stereocenters. The topological polar surface area (TPSA) is 105 Å². The van der Waals surface area contributed by atoms with Gasteiger partial charge in [0.25, 0.3) is 5.91 Å². The maximum atomic E-state index is 12.8. The Balaban J connectivity index is 1.26. The molecule has 1 N–H and O–H groups in total. The van der Waals surface area contributed by atoms with Gasteiger partial charge in [-0.2, -0.15) is 5.26 Å². The summed E-state index contributed by atoms with van der Waals surface area (Å²) < 4.78 is 10.8. The van der Waals surface area contributed by atoms with Crippen molar-refractivity contribution in [3.8, 4) is 17.4 Å². The van der Waals surface area contributed by atoms with Gasteiger partial charge in [-0.05, 0) is 47.5 Å². The number of nitrogens with one attached hydrogen (secondary N) is 1. The third-order valence-electron chi connectivity index (χ3n) is 5.98. The Kier molecular flexibility index (Phi) is 7.62. The second kappa shape index (κ2) is 11.6. The highest BCUT2D eigenvalue weighted by atomic mass is 32.1. The number of aromatic nitrogens is 1. The van der Waals surface area contributed by atoms with Gasteiger partial charge >= 0.3 is 5.97 Å². The lowest BCUT2D eigenvalue weighted by atomic mass is 10.0. The highest BCUT2D eigenvalue weighted by molar-refractivity contribution is 7.15. The third kappa shape index (κ3) is 5.95. The van der Waals surface area contributed by atoms with Crippen LogP contribution in [0, 0.1) is 11.3 Å². The number of esters is 1. The molecule has 0 bridgehead atoms. The molecule has 0 aliphatic carbocycles. The average molecular weight is 534 g/mol. The molecule has 5 rings (SSSR count). The van der Waals surface area contributed by atoms with Crippen LogP contribution in [-0.4, -0.2) is 23.5 Å². The molecule has 0 spiro atoms. The summed E-state index contributed by atoms with van der Waals surface area (Å²) in [4.78, 5) is 30.0. The zero-order valence-electron chi connectivity index (χ0n) is 21.0. The number of amides is 1. The molecule has 0 radical (unpaired) electrons. The zero-order chi connectivity index (χ0) is 27.2. The number of carbonyl (C=O) groups excluding carboxylic acids is 2. The maximum absolute atomic E-state index is 12.8. The molecule has 2 aromatic heterocycles. The molecule has 0 saturated carbocycles. The first-order valence-corrected chi connectivity index (χ1v) is 13.1. The lowest BCUT2D eigenvalue weighted by Crippen LogP contribution is -2.13. The van der Waals surface area contributed by atoms with Crippen LogP contribution < -0.4 is 5.32 Å². The van der Waals surface area contributed by atoms with Gasteiger partial charge in [-0.3, -0.25) is 10.1 Å². The predicted molar refractivity (Wildman–Crippen MR) is 151 cm³/mol. The number of hydrogen-bond donors (Lipinski definition) is 1. The van der Waals surface area contributed by atoms with Crippen LogP contribution in [-0.2, 0) is 16.0 Å². The van der Waals surface area contributed by atoms with Crippen LogP contribution in [0.1, 0.15) is 33.5 Å². The molecule has 1 amide bonds. The van der Waals surface area contributed by atoms with Crippen molar-refractivity contribution in [2.45, 2.75) is 13.3 Å². The SMILES string of the molecule is CCOC(=O)c1ccc(-c2ccc(C=C(C#N)C(=O)Nc3ncc(Cc4cccc5ccccc45)s3)o2)cc1. The van der Waals surface area contributed by atoms with E-state index in [9.17, 15) is 14.9 Å². The first-order chi connectivity index (χ1) is 19.0. The normalized spacial score (nSPS) is 11.2. The molecule has 192 valence electrons. The van der Waals surface area contributed by atoms with Crippen molar-refractivity contribution >= 4 is 45.2 Å². The predicted octanol–water partition coefficient (Wildman–Crippen LogP) is 6.87. The fourth-order valence-corrected chi connectivity index (χ4v) is 4.94. The first-order valence-electron chi connectivity index (χ1n) is 12.3. The van der Waals surface area contributed by atoms with Crippen molar-refractivity contribution in [2.24, 2.45) is 0 Å². The summed E-state index contributed by atoms with van der Waals surface area (Å²) in [6.45, 7) is 2.06. The smallest absolute Gasteiger partial charge is 0.338 e. The van der Waals surface area contributed by atoms with E-state index >= 15 is 0 Å². The van der Waals surface area contributed by atoms with Crippen molar-refractivity contribution in [3.05, 3.63) is 112 Å². The lowest BCUT2D eigenvalue weighted by Gasteiger charge is -2.04. The molecule has 0 saturated heterocycles. The average Bonchev–Trinajstić information content (AvgIpc) is 3.61. The number of ether oxygens (including phenoxy) is 1. The van der Waals surface area contributed by atoms with Crippen molar-refractivity contribution in [1.82, 2.24) is 4.98 Å². The minimum Gasteiger partial charge on any atom is -0.462 e. The largest absolute Gasteiger partial charge is 0.462 e. The van der Waals surface area contributed by atoms with Gasteiger partial charge in [0, 0.05) is 29.1 Å². The molecule has 0 aliphatic rings. The number of nitriles is 1. The van der Waals surface area contributed by atoms with Crippen molar-refractivity contribution in [1.29, 1.82) is 5.26 Å². The van der Waals surface area contributed by atoms with Crippen LogP contribution in [0.2, 0.25) is 0 Å². The lowest BCUT2D eigenvalue weighted by molar-refractivity contribution is -0.112. The van der Waals surface area contributed by atoms with E-state index in [1.54, 1.807) is 49.5 Å². The van der Waals surface area contributed by atoms with Crippen LogP contribution in [0.25, 0.3) is 28.2 Å². The summed E-state index contributed by atoms with van der Waals surface area (Å²) in [5, 5.41) is 15.1. The van der Waals surface area contributed by atoms with Gasteiger partial charge in [-0.15, -0.1) is 11.3 Å². The summed E-state index contributed by atoms with van der Waals surface area (Å²) in [7, 11) is 0. The number of hydrogen-bond acceptors (Lipinski definition) is 7. The van der Waals surface area contributed by atoms with Gasteiger partial charge in [0.05, 0.1) is 12.2 Å². The Hall–Kier alpha value is -5.00. The van der Waals surface area contributed by atoms with Crippen molar-refractivity contribution < 1.29 is 18.7 Å². The molecule has 8 heteroatoms. The molecular weight excluding hydrogens is 510 g/mol. The third-order valence-corrected chi connectivity index (χ3v) is 6.89. The summed E-state index contributed by atoms with van der Waals surface area (Å²) in [5.74, 6) is -0.0766. The number of anilines is 1. The molecule has 39 heavy (non-hydrogen) atoms. The summed E-state index contributed by atoms with van der Waals surface area (Å²) in [6, 6.07) is 26.5. The van der Waals surface area contributed by atoms with Crippen LogP contribution in [0.15, 0.2) is 95.0 Å². The Labute approximate surface area is 229 Å².